The zero-order chi connectivity index (χ0) is 17.3. The van der Waals surface area contributed by atoms with Crippen LogP contribution in [0, 0.1) is 19.7 Å². The lowest BCUT2D eigenvalue weighted by molar-refractivity contribution is 0.385. The molecule has 1 aliphatic rings. The summed E-state index contributed by atoms with van der Waals surface area (Å²) in [6.07, 6.45) is 0. The van der Waals surface area contributed by atoms with Gasteiger partial charge in [-0.15, -0.1) is 0 Å². The van der Waals surface area contributed by atoms with Gasteiger partial charge in [-0.1, -0.05) is 17.7 Å². The number of nitrogens with zero attached hydrogens (tertiary/aromatic N) is 2. The Morgan fingerprint density at radius 1 is 0.917 bits per heavy atom. The van der Waals surface area contributed by atoms with E-state index in [4.69, 9.17) is 0 Å². The van der Waals surface area contributed by atoms with Gasteiger partial charge in [-0.3, -0.25) is 0 Å². The molecule has 2 aromatic carbocycles. The van der Waals surface area contributed by atoms with Gasteiger partial charge in [0.15, 0.2) is 0 Å². The third-order valence-corrected chi connectivity index (χ3v) is 6.30. The Kier molecular flexibility index (Phi) is 4.60. The molecule has 1 fully saturated rings. The van der Waals surface area contributed by atoms with Crippen LogP contribution in [0.3, 0.4) is 0 Å². The van der Waals surface area contributed by atoms with E-state index in [1.807, 2.05) is 6.92 Å². The minimum atomic E-state index is -3.57. The summed E-state index contributed by atoms with van der Waals surface area (Å²) in [5.74, 6) is -0.391. The zero-order valence-corrected chi connectivity index (χ0v) is 14.7. The van der Waals surface area contributed by atoms with Gasteiger partial charge in [-0.05, 0) is 49.7 Å². The Morgan fingerprint density at radius 3 is 2.12 bits per heavy atom. The van der Waals surface area contributed by atoms with Crippen LogP contribution >= 0.6 is 0 Å². The Morgan fingerprint density at radius 2 is 1.54 bits per heavy atom. The molecular weight excluding hydrogens is 327 g/mol. The summed E-state index contributed by atoms with van der Waals surface area (Å²) in [5.41, 5.74) is 2.65. The predicted octanol–water partition coefficient (Wildman–Crippen LogP) is 2.95. The van der Waals surface area contributed by atoms with E-state index >= 15 is 0 Å². The van der Waals surface area contributed by atoms with Gasteiger partial charge in [-0.2, -0.15) is 4.31 Å². The fourth-order valence-electron chi connectivity index (χ4n) is 2.87. The molecular formula is C18H21FN2O2S. The second kappa shape index (κ2) is 6.53. The van der Waals surface area contributed by atoms with E-state index in [0.29, 0.717) is 31.7 Å². The molecule has 0 radical (unpaired) electrons. The number of piperazine rings is 1. The highest BCUT2D eigenvalue weighted by Gasteiger charge is 2.28. The number of anilines is 1. The molecule has 0 unspecified atom stereocenters. The van der Waals surface area contributed by atoms with Gasteiger partial charge in [0.1, 0.15) is 5.82 Å². The van der Waals surface area contributed by atoms with Crippen molar-refractivity contribution in [1.29, 1.82) is 0 Å². The molecule has 4 nitrogen and oxygen atoms in total. The van der Waals surface area contributed by atoms with Crippen molar-refractivity contribution < 1.29 is 12.8 Å². The highest BCUT2D eigenvalue weighted by Crippen LogP contribution is 2.22. The average molecular weight is 348 g/mol. The Bertz CT molecular complexity index is 827. The van der Waals surface area contributed by atoms with E-state index in [1.165, 1.54) is 28.1 Å². The first-order valence-corrected chi connectivity index (χ1v) is 9.40. The summed E-state index contributed by atoms with van der Waals surface area (Å²) in [6, 6.07) is 12.2. The topological polar surface area (TPSA) is 40.6 Å². The molecule has 0 aliphatic carbocycles. The Hall–Kier alpha value is -1.92. The number of halogens is 1. The first kappa shape index (κ1) is 16.9. The van der Waals surface area contributed by atoms with E-state index in [0.717, 1.165) is 5.69 Å². The molecule has 1 saturated heterocycles. The van der Waals surface area contributed by atoms with Crippen molar-refractivity contribution in [2.45, 2.75) is 18.7 Å². The van der Waals surface area contributed by atoms with Gasteiger partial charge in [0.05, 0.1) is 4.90 Å². The molecule has 1 aliphatic heterocycles. The normalized spacial score (nSPS) is 16.4. The summed E-state index contributed by atoms with van der Waals surface area (Å²) < 4.78 is 40.3. The van der Waals surface area contributed by atoms with Gasteiger partial charge >= 0.3 is 0 Å². The van der Waals surface area contributed by atoms with E-state index in [-0.39, 0.29) is 4.90 Å². The van der Waals surface area contributed by atoms with Crippen LogP contribution in [0.5, 0.6) is 0 Å². The fraction of sp³-hybridized carbons (Fsp3) is 0.333. The molecule has 0 aromatic heterocycles. The molecule has 0 saturated carbocycles. The fourth-order valence-corrected chi connectivity index (χ4v) is 4.38. The Labute approximate surface area is 142 Å². The summed E-state index contributed by atoms with van der Waals surface area (Å²) in [4.78, 5) is 2.34. The standard InChI is InChI=1S/C18H21FN2O2S/c1-14-3-5-16(6-4-14)20-9-11-21(12-10-20)24(22,23)17-7-8-18(19)15(2)13-17/h3-8,13H,9-12H2,1-2H3. The third kappa shape index (κ3) is 3.30. The first-order chi connectivity index (χ1) is 11.4. The number of aryl methyl sites for hydroxylation is 2. The van der Waals surface area contributed by atoms with Crippen molar-refractivity contribution in [3.05, 3.63) is 59.4 Å². The van der Waals surface area contributed by atoms with Crippen LogP contribution < -0.4 is 4.90 Å². The minimum absolute atomic E-state index is 0.158. The molecule has 6 heteroatoms. The monoisotopic (exact) mass is 348 g/mol. The minimum Gasteiger partial charge on any atom is -0.369 e. The van der Waals surface area contributed by atoms with Crippen LogP contribution in [-0.4, -0.2) is 38.9 Å². The molecule has 0 amide bonds. The maximum atomic E-state index is 13.4. The summed E-state index contributed by atoms with van der Waals surface area (Å²) in [7, 11) is -3.57. The van der Waals surface area contributed by atoms with Crippen molar-refractivity contribution >= 4 is 15.7 Å². The van der Waals surface area contributed by atoms with E-state index in [2.05, 4.69) is 29.2 Å². The zero-order valence-electron chi connectivity index (χ0n) is 13.9. The maximum absolute atomic E-state index is 13.4. The van der Waals surface area contributed by atoms with E-state index in [9.17, 15) is 12.8 Å². The van der Waals surface area contributed by atoms with Crippen LogP contribution in [-0.2, 0) is 10.0 Å². The number of sulfonamides is 1. The van der Waals surface area contributed by atoms with Crippen molar-refractivity contribution in [3.63, 3.8) is 0 Å². The second-order valence-corrected chi connectivity index (χ2v) is 8.08. The largest absolute Gasteiger partial charge is 0.369 e. The van der Waals surface area contributed by atoms with Gasteiger partial charge in [0, 0.05) is 31.9 Å². The van der Waals surface area contributed by atoms with Crippen LogP contribution in [0.2, 0.25) is 0 Å². The third-order valence-electron chi connectivity index (χ3n) is 4.40. The van der Waals surface area contributed by atoms with Gasteiger partial charge in [-0.25, -0.2) is 12.8 Å². The van der Waals surface area contributed by atoms with Crippen LogP contribution in [0.15, 0.2) is 47.4 Å². The number of hydrogen-bond acceptors (Lipinski definition) is 3. The summed E-state index contributed by atoms with van der Waals surface area (Å²) in [5, 5.41) is 0. The van der Waals surface area contributed by atoms with Gasteiger partial charge in [0.2, 0.25) is 10.0 Å². The molecule has 1 heterocycles. The van der Waals surface area contributed by atoms with Gasteiger partial charge in [0.25, 0.3) is 0 Å². The molecule has 0 bridgehead atoms. The molecule has 0 N–H and O–H groups in total. The van der Waals surface area contributed by atoms with Crippen LogP contribution in [0.4, 0.5) is 10.1 Å². The van der Waals surface area contributed by atoms with Gasteiger partial charge < -0.3 is 4.90 Å². The summed E-state index contributed by atoms with van der Waals surface area (Å²) in [6.45, 7) is 5.74. The average Bonchev–Trinajstić information content (AvgIpc) is 2.58. The highest BCUT2D eigenvalue weighted by atomic mass is 32.2. The highest BCUT2D eigenvalue weighted by molar-refractivity contribution is 7.89. The molecule has 2 aromatic rings. The number of hydrogen-bond donors (Lipinski definition) is 0. The number of rotatable bonds is 3. The lowest BCUT2D eigenvalue weighted by Gasteiger charge is -2.35. The molecule has 3 rings (SSSR count). The van der Waals surface area contributed by atoms with Crippen molar-refractivity contribution in [2.75, 3.05) is 31.1 Å². The number of benzene rings is 2. The SMILES string of the molecule is Cc1ccc(N2CCN(S(=O)(=O)c3ccc(F)c(C)c3)CC2)cc1. The quantitative estimate of drug-likeness (QED) is 0.856. The summed E-state index contributed by atoms with van der Waals surface area (Å²) >= 11 is 0. The lowest BCUT2D eigenvalue weighted by atomic mass is 10.2. The van der Waals surface area contributed by atoms with Crippen LogP contribution in [0.25, 0.3) is 0 Å². The lowest BCUT2D eigenvalue weighted by Crippen LogP contribution is -2.48. The molecule has 0 atom stereocenters. The van der Waals surface area contributed by atoms with Crippen molar-refractivity contribution in [3.8, 4) is 0 Å². The molecule has 24 heavy (non-hydrogen) atoms. The van der Waals surface area contributed by atoms with E-state index < -0.39 is 15.8 Å². The van der Waals surface area contributed by atoms with Crippen LogP contribution in [0.1, 0.15) is 11.1 Å². The predicted molar refractivity (Wildman–Crippen MR) is 93.3 cm³/mol. The second-order valence-electron chi connectivity index (χ2n) is 6.14. The maximum Gasteiger partial charge on any atom is 0.243 e. The van der Waals surface area contributed by atoms with Crippen molar-refractivity contribution in [2.24, 2.45) is 0 Å². The Balaban J connectivity index is 1.73. The molecule has 0 spiro atoms. The van der Waals surface area contributed by atoms with E-state index in [1.54, 1.807) is 6.92 Å². The molecule has 128 valence electrons. The first-order valence-electron chi connectivity index (χ1n) is 7.96. The van der Waals surface area contributed by atoms with Crippen molar-refractivity contribution in [1.82, 2.24) is 4.31 Å². The smallest absolute Gasteiger partial charge is 0.243 e.